The smallest absolute Gasteiger partial charge is 0.00645 e. The summed E-state index contributed by atoms with van der Waals surface area (Å²) in [4.78, 5) is 0. The molecule has 0 amide bonds. The van der Waals surface area contributed by atoms with E-state index < -0.39 is 0 Å². The predicted octanol–water partition coefficient (Wildman–Crippen LogP) is 1.91. The average molecular weight is 127 g/mol. The molecule has 1 fully saturated rings. The monoisotopic (exact) mass is 127 g/mol. The van der Waals surface area contributed by atoms with Crippen LogP contribution in [0.3, 0.4) is 0 Å². The van der Waals surface area contributed by atoms with Gasteiger partial charge >= 0.3 is 0 Å². The van der Waals surface area contributed by atoms with E-state index in [9.17, 15) is 0 Å². The van der Waals surface area contributed by atoms with Gasteiger partial charge in [0.1, 0.15) is 0 Å². The van der Waals surface area contributed by atoms with Gasteiger partial charge in [-0.2, -0.15) is 0 Å². The van der Waals surface area contributed by atoms with Crippen LogP contribution < -0.4 is 5.73 Å². The van der Waals surface area contributed by atoms with Gasteiger partial charge in [-0.05, 0) is 18.8 Å². The maximum Gasteiger partial charge on any atom is 0.00645 e. The summed E-state index contributed by atoms with van der Waals surface area (Å²) in [6, 6.07) is 0.493. The zero-order valence-electron chi connectivity index (χ0n) is 6.27. The molecule has 9 heavy (non-hydrogen) atoms. The molecule has 2 unspecified atom stereocenters. The van der Waals surface area contributed by atoms with Crippen LogP contribution in [0.25, 0.3) is 0 Å². The second-order valence-electron chi connectivity index (χ2n) is 3.28. The molecule has 1 aliphatic rings. The molecule has 2 atom stereocenters. The van der Waals surface area contributed by atoms with Gasteiger partial charge in [-0.25, -0.2) is 0 Å². The van der Waals surface area contributed by atoms with Crippen molar-refractivity contribution in [2.75, 3.05) is 0 Å². The zero-order chi connectivity index (χ0) is 6.69. The van der Waals surface area contributed by atoms with E-state index in [4.69, 9.17) is 5.73 Å². The second kappa shape index (κ2) is 3.21. The number of nitrogens with two attached hydrogens (primary N) is 1. The van der Waals surface area contributed by atoms with Crippen LogP contribution in [-0.2, 0) is 0 Å². The van der Waals surface area contributed by atoms with E-state index >= 15 is 0 Å². The minimum atomic E-state index is 0.493. The molecule has 2 N–H and O–H groups in total. The first-order valence-electron chi connectivity index (χ1n) is 4.06. The molecule has 1 nitrogen and oxygen atoms in total. The van der Waals surface area contributed by atoms with Gasteiger partial charge in [0, 0.05) is 6.04 Å². The van der Waals surface area contributed by atoms with E-state index in [1.807, 2.05) is 0 Å². The normalized spacial score (nSPS) is 38.0. The lowest BCUT2D eigenvalue weighted by atomic mass is 9.98. The molecule has 54 valence electrons. The number of hydrogen-bond acceptors (Lipinski definition) is 1. The summed E-state index contributed by atoms with van der Waals surface area (Å²) in [6.07, 6.45) is 6.75. The van der Waals surface area contributed by atoms with Crippen LogP contribution >= 0.6 is 0 Å². The molecule has 0 radical (unpaired) electrons. The lowest BCUT2D eigenvalue weighted by molar-refractivity contribution is 0.432. The number of hydrogen-bond donors (Lipinski definition) is 1. The minimum Gasteiger partial charge on any atom is -0.327 e. The molecule has 1 saturated carbocycles. The van der Waals surface area contributed by atoms with Crippen molar-refractivity contribution in [2.24, 2.45) is 11.7 Å². The molecule has 0 saturated heterocycles. The van der Waals surface area contributed by atoms with Crippen LogP contribution in [0, 0.1) is 5.92 Å². The predicted molar refractivity (Wildman–Crippen MR) is 40.2 cm³/mol. The van der Waals surface area contributed by atoms with Crippen molar-refractivity contribution in [2.45, 2.75) is 45.1 Å². The molecular weight excluding hydrogens is 110 g/mol. The summed E-state index contributed by atoms with van der Waals surface area (Å²) in [5, 5.41) is 0. The maximum absolute atomic E-state index is 5.88. The molecule has 0 spiro atoms. The Morgan fingerprint density at radius 3 is 2.56 bits per heavy atom. The molecule has 0 bridgehead atoms. The van der Waals surface area contributed by atoms with E-state index in [1.165, 1.54) is 32.1 Å². The van der Waals surface area contributed by atoms with Gasteiger partial charge < -0.3 is 5.73 Å². The molecule has 1 rings (SSSR count). The quantitative estimate of drug-likeness (QED) is 0.494. The van der Waals surface area contributed by atoms with Gasteiger partial charge in [-0.1, -0.05) is 26.2 Å². The Bertz CT molecular complexity index is 70.6. The first kappa shape index (κ1) is 7.07. The van der Waals surface area contributed by atoms with E-state index in [1.54, 1.807) is 0 Å². The molecular formula is C8H17N. The highest BCUT2D eigenvalue weighted by Crippen LogP contribution is 2.20. The summed E-state index contributed by atoms with van der Waals surface area (Å²) in [6.45, 7) is 2.27. The maximum atomic E-state index is 5.88. The average Bonchev–Trinajstić information content (AvgIpc) is 1.99. The van der Waals surface area contributed by atoms with Crippen molar-refractivity contribution in [3.8, 4) is 0 Å². The van der Waals surface area contributed by atoms with Gasteiger partial charge in [-0.15, -0.1) is 0 Å². The summed E-state index contributed by atoms with van der Waals surface area (Å²) >= 11 is 0. The van der Waals surface area contributed by atoms with E-state index in [-0.39, 0.29) is 0 Å². The first-order valence-corrected chi connectivity index (χ1v) is 4.06. The third kappa shape index (κ3) is 1.98. The Kier molecular flexibility index (Phi) is 2.52. The lowest BCUT2D eigenvalue weighted by Gasteiger charge is -2.14. The molecule has 0 heterocycles. The SMILES string of the molecule is CC1CCCCCC1N. The van der Waals surface area contributed by atoms with E-state index in [0.717, 1.165) is 5.92 Å². The highest BCUT2D eigenvalue weighted by Gasteiger charge is 2.14. The highest BCUT2D eigenvalue weighted by molar-refractivity contribution is 4.72. The summed E-state index contributed by atoms with van der Waals surface area (Å²) in [5.74, 6) is 0.771. The van der Waals surface area contributed by atoms with Crippen LogP contribution in [0.2, 0.25) is 0 Å². The fourth-order valence-corrected chi connectivity index (χ4v) is 1.52. The van der Waals surface area contributed by atoms with Crippen LogP contribution in [0.4, 0.5) is 0 Å². The van der Waals surface area contributed by atoms with Gasteiger partial charge in [-0.3, -0.25) is 0 Å². The van der Waals surface area contributed by atoms with Crippen LogP contribution in [0.1, 0.15) is 39.0 Å². The van der Waals surface area contributed by atoms with E-state index in [0.29, 0.717) is 6.04 Å². The van der Waals surface area contributed by atoms with Crippen molar-refractivity contribution in [3.05, 3.63) is 0 Å². The van der Waals surface area contributed by atoms with Crippen LogP contribution in [-0.4, -0.2) is 6.04 Å². The van der Waals surface area contributed by atoms with Crippen molar-refractivity contribution in [1.29, 1.82) is 0 Å². The third-order valence-electron chi connectivity index (χ3n) is 2.43. The largest absolute Gasteiger partial charge is 0.327 e. The Hall–Kier alpha value is -0.0400. The van der Waals surface area contributed by atoms with Crippen molar-refractivity contribution < 1.29 is 0 Å². The topological polar surface area (TPSA) is 26.0 Å². The molecule has 0 aromatic rings. The first-order chi connectivity index (χ1) is 4.30. The molecule has 1 heteroatoms. The summed E-state index contributed by atoms with van der Waals surface area (Å²) in [5.41, 5.74) is 5.88. The van der Waals surface area contributed by atoms with E-state index in [2.05, 4.69) is 6.92 Å². The van der Waals surface area contributed by atoms with Gasteiger partial charge in [0.25, 0.3) is 0 Å². The Morgan fingerprint density at radius 2 is 1.78 bits per heavy atom. The number of rotatable bonds is 0. The van der Waals surface area contributed by atoms with Crippen molar-refractivity contribution in [3.63, 3.8) is 0 Å². The Morgan fingerprint density at radius 1 is 1.11 bits per heavy atom. The van der Waals surface area contributed by atoms with Gasteiger partial charge in [0.15, 0.2) is 0 Å². The van der Waals surface area contributed by atoms with Gasteiger partial charge in [0.05, 0.1) is 0 Å². The summed E-state index contributed by atoms with van der Waals surface area (Å²) in [7, 11) is 0. The van der Waals surface area contributed by atoms with Crippen molar-refractivity contribution >= 4 is 0 Å². The second-order valence-corrected chi connectivity index (χ2v) is 3.28. The highest BCUT2D eigenvalue weighted by atomic mass is 14.6. The molecule has 0 aliphatic heterocycles. The summed E-state index contributed by atoms with van der Waals surface area (Å²) < 4.78 is 0. The molecule has 0 aromatic carbocycles. The Labute approximate surface area is 57.6 Å². The standard InChI is InChI=1S/C8H17N/c1-7-5-3-2-4-6-8(7)9/h7-8H,2-6,9H2,1H3. The molecule has 0 aromatic heterocycles. The fourth-order valence-electron chi connectivity index (χ4n) is 1.52. The van der Waals surface area contributed by atoms with Gasteiger partial charge in [0.2, 0.25) is 0 Å². The lowest BCUT2D eigenvalue weighted by Crippen LogP contribution is -2.26. The van der Waals surface area contributed by atoms with Crippen LogP contribution in [0.5, 0.6) is 0 Å². The third-order valence-corrected chi connectivity index (χ3v) is 2.43. The van der Waals surface area contributed by atoms with Crippen LogP contribution in [0.15, 0.2) is 0 Å². The minimum absolute atomic E-state index is 0.493. The Balaban J connectivity index is 2.32. The van der Waals surface area contributed by atoms with Crippen molar-refractivity contribution in [1.82, 2.24) is 0 Å². The fraction of sp³-hybridized carbons (Fsp3) is 1.00. The molecule has 1 aliphatic carbocycles. The zero-order valence-corrected chi connectivity index (χ0v) is 6.27.